The topological polar surface area (TPSA) is 49.3 Å². The summed E-state index contributed by atoms with van der Waals surface area (Å²) < 4.78 is 0. The fourth-order valence-corrected chi connectivity index (χ4v) is 2.90. The number of aromatic hydroxyl groups is 1. The third-order valence-corrected chi connectivity index (χ3v) is 3.86. The zero-order valence-electron chi connectivity index (χ0n) is 11.7. The lowest BCUT2D eigenvalue weighted by atomic mass is 10.00. The molecule has 0 amide bonds. The predicted molar refractivity (Wildman–Crippen MR) is 79.9 cm³/mol. The van der Waals surface area contributed by atoms with Gasteiger partial charge in [0.15, 0.2) is 0 Å². The number of anilines is 1. The van der Waals surface area contributed by atoms with Gasteiger partial charge in [0.2, 0.25) is 0 Å². The number of piperidine rings is 1. The van der Waals surface area contributed by atoms with E-state index in [0.717, 1.165) is 30.0 Å². The highest BCUT2D eigenvalue weighted by Gasteiger charge is 2.21. The number of phenolic OH excluding ortho intramolecular Hbond substituents is 1. The summed E-state index contributed by atoms with van der Waals surface area (Å²) in [6.07, 6.45) is 5.34. The Hall–Kier alpha value is -2.10. The van der Waals surface area contributed by atoms with Crippen LogP contribution in [0.4, 0.5) is 5.69 Å². The van der Waals surface area contributed by atoms with Gasteiger partial charge in [-0.15, -0.1) is 0 Å². The second-order valence-corrected chi connectivity index (χ2v) is 5.28. The Morgan fingerprint density at radius 2 is 1.90 bits per heavy atom. The van der Waals surface area contributed by atoms with E-state index in [1.54, 1.807) is 12.3 Å². The van der Waals surface area contributed by atoms with Gasteiger partial charge in [-0.2, -0.15) is 10.2 Å². The monoisotopic (exact) mass is 269 g/mol. The van der Waals surface area contributed by atoms with Gasteiger partial charge in [-0.05, 0) is 49.9 Å². The predicted octanol–water partition coefficient (Wildman–Crippen LogP) is 3.15. The zero-order valence-corrected chi connectivity index (χ0v) is 11.7. The minimum Gasteiger partial charge on any atom is -0.507 e. The van der Waals surface area contributed by atoms with Gasteiger partial charge in [-0.3, -0.25) is 0 Å². The summed E-state index contributed by atoms with van der Waals surface area (Å²) in [5.41, 5.74) is 3.81. The molecule has 3 rings (SSSR count). The summed E-state index contributed by atoms with van der Waals surface area (Å²) in [6, 6.07) is 7.46. The Bertz CT molecular complexity index is 592. The van der Waals surface area contributed by atoms with Crippen LogP contribution < -0.4 is 4.90 Å². The average molecular weight is 269 g/mol. The van der Waals surface area contributed by atoms with Crippen LogP contribution in [0.2, 0.25) is 0 Å². The summed E-state index contributed by atoms with van der Waals surface area (Å²) in [6.45, 7) is 4.17. The van der Waals surface area contributed by atoms with Gasteiger partial charge in [0.25, 0.3) is 0 Å². The van der Waals surface area contributed by atoms with Crippen LogP contribution in [-0.2, 0) is 0 Å². The molecule has 0 unspecified atom stereocenters. The third-order valence-electron chi connectivity index (χ3n) is 3.86. The van der Waals surface area contributed by atoms with E-state index in [1.807, 2.05) is 18.2 Å². The highest BCUT2D eigenvalue weighted by atomic mass is 16.3. The number of hydrogen-bond acceptors (Lipinski definition) is 4. The minimum absolute atomic E-state index is 0.275. The molecule has 2 aromatic rings. The lowest BCUT2D eigenvalue weighted by molar-refractivity contribution is 0.476. The van der Waals surface area contributed by atoms with Gasteiger partial charge >= 0.3 is 0 Å². The van der Waals surface area contributed by atoms with E-state index >= 15 is 0 Å². The Morgan fingerprint density at radius 1 is 1.10 bits per heavy atom. The number of hydrogen-bond donors (Lipinski definition) is 1. The van der Waals surface area contributed by atoms with Crippen LogP contribution in [0.15, 0.2) is 30.5 Å². The van der Waals surface area contributed by atoms with Crippen molar-refractivity contribution in [2.75, 3.05) is 18.0 Å². The van der Waals surface area contributed by atoms with Gasteiger partial charge in [0, 0.05) is 19.3 Å². The highest BCUT2D eigenvalue weighted by Crippen LogP contribution is 2.40. The summed E-state index contributed by atoms with van der Waals surface area (Å²) in [5.74, 6) is 0.275. The van der Waals surface area contributed by atoms with Gasteiger partial charge in [-0.1, -0.05) is 6.07 Å². The number of benzene rings is 1. The van der Waals surface area contributed by atoms with Crippen LogP contribution in [0.5, 0.6) is 5.75 Å². The molecular weight excluding hydrogens is 250 g/mol. The maximum Gasteiger partial charge on any atom is 0.127 e. The van der Waals surface area contributed by atoms with E-state index < -0.39 is 0 Å². The lowest BCUT2D eigenvalue weighted by Crippen LogP contribution is -2.30. The van der Waals surface area contributed by atoms with E-state index in [1.165, 1.54) is 24.8 Å². The largest absolute Gasteiger partial charge is 0.507 e. The van der Waals surface area contributed by atoms with E-state index in [2.05, 4.69) is 22.0 Å². The highest BCUT2D eigenvalue weighted by molar-refractivity contribution is 5.83. The Balaban J connectivity index is 2.14. The average Bonchev–Trinajstić information content (AvgIpc) is 2.51. The van der Waals surface area contributed by atoms with Crippen molar-refractivity contribution in [3.63, 3.8) is 0 Å². The molecular formula is C16H19N3O. The normalized spacial score (nSPS) is 15.3. The number of nitrogens with zero attached hydrogens (tertiary/aromatic N) is 3. The Morgan fingerprint density at radius 3 is 2.60 bits per heavy atom. The van der Waals surface area contributed by atoms with Crippen LogP contribution >= 0.6 is 0 Å². The lowest BCUT2D eigenvalue weighted by Gasteiger charge is -2.32. The number of aromatic nitrogens is 2. The molecule has 4 heteroatoms. The molecule has 20 heavy (non-hydrogen) atoms. The van der Waals surface area contributed by atoms with Gasteiger partial charge < -0.3 is 10.0 Å². The molecule has 1 saturated heterocycles. The van der Waals surface area contributed by atoms with E-state index in [4.69, 9.17) is 0 Å². The molecule has 104 valence electrons. The number of rotatable bonds is 2. The Kier molecular flexibility index (Phi) is 3.54. The van der Waals surface area contributed by atoms with Crippen molar-refractivity contribution in [1.82, 2.24) is 10.2 Å². The van der Waals surface area contributed by atoms with Crippen LogP contribution in [0, 0.1) is 6.92 Å². The smallest absolute Gasteiger partial charge is 0.127 e. The molecule has 1 aliphatic heterocycles. The summed E-state index contributed by atoms with van der Waals surface area (Å²) in [7, 11) is 0. The van der Waals surface area contributed by atoms with Crippen molar-refractivity contribution >= 4 is 5.69 Å². The maximum absolute atomic E-state index is 10.3. The SMILES string of the molecule is Cc1ccc(O)c(-c2cccnn2)c1N1CCCCC1. The minimum atomic E-state index is 0.275. The summed E-state index contributed by atoms with van der Waals surface area (Å²) in [4.78, 5) is 2.36. The molecule has 4 nitrogen and oxygen atoms in total. The van der Waals surface area contributed by atoms with E-state index in [-0.39, 0.29) is 5.75 Å². The standard InChI is InChI=1S/C16H19N3O/c1-12-7-8-14(20)15(13-6-5-9-17-18-13)16(12)19-10-3-2-4-11-19/h5-9,20H,2-4,10-11H2,1H3. The second-order valence-electron chi connectivity index (χ2n) is 5.28. The van der Waals surface area contributed by atoms with E-state index in [0.29, 0.717) is 0 Å². The van der Waals surface area contributed by atoms with Crippen LogP contribution in [0.1, 0.15) is 24.8 Å². The molecule has 1 aliphatic rings. The fraction of sp³-hybridized carbons (Fsp3) is 0.375. The molecule has 0 bridgehead atoms. The molecule has 1 N–H and O–H groups in total. The maximum atomic E-state index is 10.3. The van der Waals surface area contributed by atoms with Gasteiger partial charge in [0.05, 0.1) is 16.9 Å². The molecule has 0 aliphatic carbocycles. The molecule has 0 saturated carbocycles. The fourth-order valence-electron chi connectivity index (χ4n) is 2.90. The van der Waals surface area contributed by atoms with Crippen LogP contribution in [0.3, 0.4) is 0 Å². The first-order chi connectivity index (χ1) is 9.77. The first kappa shape index (κ1) is 12.9. The van der Waals surface area contributed by atoms with Crippen LogP contribution in [0.25, 0.3) is 11.3 Å². The molecule has 0 spiro atoms. The molecule has 1 aromatic heterocycles. The third kappa shape index (κ3) is 2.33. The zero-order chi connectivity index (χ0) is 13.9. The second kappa shape index (κ2) is 5.49. The van der Waals surface area contributed by atoms with Crippen molar-refractivity contribution in [2.24, 2.45) is 0 Å². The number of aryl methyl sites for hydroxylation is 1. The summed E-state index contributed by atoms with van der Waals surface area (Å²) in [5, 5.41) is 18.4. The van der Waals surface area contributed by atoms with E-state index in [9.17, 15) is 5.11 Å². The van der Waals surface area contributed by atoms with Crippen LogP contribution in [-0.4, -0.2) is 28.4 Å². The van der Waals surface area contributed by atoms with Crippen molar-refractivity contribution in [2.45, 2.75) is 26.2 Å². The Labute approximate surface area is 119 Å². The summed E-state index contributed by atoms with van der Waals surface area (Å²) >= 11 is 0. The molecule has 2 heterocycles. The quantitative estimate of drug-likeness (QED) is 0.910. The van der Waals surface area contributed by atoms with Crippen molar-refractivity contribution in [1.29, 1.82) is 0 Å². The molecule has 1 fully saturated rings. The van der Waals surface area contributed by atoms with Crippen molar-refractivity contribution < 1.29 is 5.11 Å². The molecule has 1 aromatic carbocycles. The molecule has 0 radical (unpaired) electrons. The number of phenols is 1. The van der Waals surface area contributed by atoms with Gasteiger partial charge in [0.1, 0.15) is 5.75 Å². The first-order valence-electron chi connectivity index (χ1n) is 7.13. The van der Waals surface area contributed by atoms with Gasteiger partial charge in [-0.25, -0.2) is 0 Å². The first-order valence-corrected chi connectivity index (χ1v) is 7.13. The van der Waals surface area contributed by atoms with Crippen molar-refractivity contribution in [3.8, 4) is 17.0 Å². The molecule has 0 atom stereocenters. The van der Waals surface area contributed by atoms with Crippen molar-refractivity contribution in [3.05, 3.63) is 36.0 Å².